The fraction of sp³-hybridized carbons (Fsp3) is 0.385. The number of rotatable bonds is 2. The maximum atomic E-state index is 11.6. The van der Waals surface area contributed by atoms with Crippen molar-refractivity contribution in [1.29, 1.82) is 0 Å². The van der Waals surface area contributed by atoms with Crippen LogP contribution in [0.1, 0.15) is 26.3 Å². The van der Waals surface area contributed by atoms with Crippen molar-refractivity contribution in [1.82, 2.24) is 10.2 Å². The first-order valence-electron chi connectivity index (χ1n) is 6.03. The van der Waals surface area contributed by atoms with Gasteiger partial charge < -0.3 is 4.74 Å². The van der Waals surface area contributed by atoms with E-state index in [9.17, 15) is 9.59 Å². The summed E-state index contributed by atoms with van der Waals surface area (Å²) >= 11 is 0. The van der Waals surface area contributed by atoms with E-state index in [0.717, 1.165) is 38.4 Å². The Morgan fingerprint density at radius 2 is 1.83 bits per heavy atom. The largest absolute Gasteiger partial charge is 0.379 e. The number of hydrogen-bond acceptors (Lipinski definition) is 4. The second-order valence-electron chi connectivity index (χ2n) is 4.55. The molecule has 0 unspecified atom stereocenters. The summed E-state index contributed by atoms with van der Waals surface area (Å²) in [6.45, 7) is 4.11. The highest BCUT2D eigenvalue weighted by atomic mass is 16.5. The number of ether oxygens (including phenoxy) is 1. The molecule has 5 nitrogen and oxygen atoms in total. The first kappa shape index (κ1) is 11.4. The Bertz CT molecular complexity index is 507. The summed E-state index contributed by atoms with van der Waals surface area (Å²) in [7, 11) is 0. The molecule has 0 atom stereocenters. The maximum absolute atomic E-state index is 11.6. The number of hydrogen-bond donors (Lipinski definition) is 1. The predicted molar refractivity (Wildman–Crippen MR) is 64.3 cm³/mol. The van der Waals surface area contributed by atoms with E-state index in [0.29, 0.717) is 11.1 Å². The van der Waals surface area contributed by atoms with Crippen molar-refractivity contribution >= 4 is 11.8 Å². The number of nitrogens with zero attached hydrogens (tertiary/aromatic N) is 1. The van der Waals surface area contributed by atoms with Crippen LogP contribution < -0.4 is 5.32 Å². The van der Waals surface area contributed by atoms with Crippen molar-refractivity contribution in [3.63, 3.8) is 0 Å². The van der Waals surface area contributed by atoms with Gasteiger partial charge in [0.2, 0.25) is 0 Å². The van der Waals surface area contributed by atoms with Crippen molar-refractivity contribution in [2.75, 3.05) is 26.3 Å². The van der Waals surface area contributed by atoms with Gasteiger partial charge in [0, 0.05) is 19.6 Å². The van der Waals surface area contributed by atoms with Gasteiger partial charge in [-0.1, -0.05) is 6.07 Å². The van der Waals surface area contributed by atoms with Gasteiger partial charge in [-0.3, -0.25) is 19.8 Å². The van der Waals surface area contributed by atoms with Gasteiger partial charge in [0.1, 0.15) is 0 Å². The molecule has 2 aliphatic heterocycles. The van der Waals surface area contributed by atoms with Crippen LogP contribution in [-0.2, 0) is 11.3 Å². The third kappa shape index (κ3) is 2.02. The fourth-order valence-electron chi connectivity index (χ4n) is 2.33. The molecule has 0 aromatic heterocycles. The smallest absolute Gasteiger partial charge is 0.258 e. The first-order valence-corrected chi connectivity index (χ1v) is 6.03. The number of amides is 2. The molecule has 2 amide bonds. The van der Waals surface area contributed by atoms with Gasteiger partial charge in [0.25, 0.3) is 11.8 Å². The van der Waals surface area contributed by atoms with Crippen LogP contribution >= 0.6 is 0 Å². The van der Waals surface area contributed by atoms with Gasteiger partial charge >= 0.3 is 0 Å². The van der Waals surface area contributed by atoms with Gasteiger partial charge in [-0.2, -0.15) is 0 Å². The molecule has 1 fully saturated rings. The third-order valence-electron chi connectivity index (χ3n) is 3.31. The summed E-state index contributed by atoms with van der Waals surface area (Å²) in [5.74, 6) is -0.591. The zero-order valence-corrected chi connectivity index (χ0v) is 9.94. The number of morpholine rings is 1. The van der Waals surface area contributed by atoms with Crippen molar-refractivity contribution < 1.29 is 14.3 Å². The van der Waals surface area contributed by atoms with E-state index in [1.807, 2.05) is 12.1 Å². The fourth-order valence-corrected chi connectivity index (χ4v) is 2.33. The third-order valence-corrected chi connectivity index (χ3v) is 3.31. The molecule has 0 spiro atoms. The van der Waals surface area contributed by atoms with Gasteiger partial charge in [-0.25, -0.2) is 0 Å². The first-order chi connectivity index (χ1) is 8.74. The number of carbonyl (C=O) groups is 2. The summed E-state index contributed by atoms with van der Waals surface area (Å²) in [6, 6.07) is 5.45. The summed E-state index contributed by atoms with van der Waals surface area (Å²) < 4.78 is 5.29. The van der Waals surface area contributed by atoms with E-state index >= 15 is 0 Å². The van der Waals surface area contributed by atoms with E-state index < -0.39 is 0 Å². The lowest BCUT2D eigenvalue weighted by Gasteiger charge is -2.26. The number of fused-ring (bicyclic) bond motifs is 1. The topological polar surface area (TPSA) is 58.6 Å². The Morgan fingerprint density at radius 1 is 1.11 bits per heavy atom. The van der Waals surface area contributed by atoms with E-state index in [4.69, 9.17) is 4.74 Å². The molecule has 0 aliphatic carbocycles. The van der Waals surface area contributed by atoms with Gasteiger partial charge in [0.05, 0.1) is 24.3 Å². The minimum Gasteiger partial charge on any atom is -0.379 e. The molecule has 2 heterocycles. The van der Waals surface area contributed by atoms with Crippen molar-refractivity contribution in [3.8, 4) is 0 Å². The Kier molecular flexibility index (Phi) is 2.85. The second-order valence-corrected chi connectivity index (χ2v) is 4.55. The van der Waals surface area contributed by atoms with Crippen LogP contribution in [0.5, 0.6) is 0 Å². The molecule has 1 aromatic carbocycles. The highest BCUT2D eigenvalue weighted by Crippen LogP contribution is 2.18. The summed E-state index contributed by atoms with van der Waals surface area (Å²) in [5, 5.41) is 2.30. The van der Waals surface area contributed by atoms with Gasteiger partial charge in [-0.15, -0.1) is 0 Å². The summed E-state index contributed by atoms with van der Waals surface area (Å²) in [6.07, 6.45) is 0. The highest BCUT2D eigenvalue weighted by molar-refractivity contribution is 6.21. The van der Waals surface area contributed by atoms with E-state index in [-0.39, 0.29) is 11.8 Å². The molecular formula is C13H14N2O3. The normalized spacial score (nSPS) is 19.8. The minimum atomic E-state index is -0.298. The van der Waals surface area contributed by atoms with Crippen LogP contribution in [0.15, 0.2) is 18.2 Å². The van der Waals surface area contributed by atoms with E-state index in [2.05, 4.69) is 10.2 Å². The molecule has 1 saturated heterocycles. The Hall–Kier alpha value is -1.72. The molecular weight excluding hydrogens is 232 g/mol. The molecule has 0 saturated carbocycles. The van der Waals surface area contributed by atoms with Gasteiger partial charge in [0.15, 0.2) is 0 Å². The number of nitrogens with one attached hydrogen (secondary N) is 1. The standard InChI is InChI=1S/C13H14N2O3/c16-12-10-2-1-9(7-11(10)13(17)14-12)8-15-3-5-18-6-4-15/h1-2,7H,3-6,8H2,(H,14,16,17). The van der Waals surface area contributed by atoms with Crippen LogP contribution in [0.2, 0.25) is 0 Å². The second kappa shape index (κ2) is 4.51. The zero-order valence-electron chi connectivity index (χ0n) is 9.94. The molecule has 5 heteroatoms. The van der Waals surface area contributed by atoms with E-state index in [1.165, 1.54) is 0 Å². The van der Waals surface area contributed by atoms with Crippen molar-refractivity contribution in [2.45, 2.75) is 6.54 Å². The number of carbonyl (C=O) groups excluding carboxylic acids is 2. The lowest BCUT2D eigenvalue weighted by Crippen LogP contribution is -2.35. The maximum Gasteiger partial charge on any atom is 0.258 e. The van der Waals surface area contributed by atoms with Crippen LogP contribution in [-0.4, -0.2) is 43.0 Å². The lowest BCUT2D eigenvalue weighted by molar-refractivity contribution is 0.0342. The van der Waals surface area contributed by atoms with Crippen LogP contribution in [0, 0.1) is 0 Å². The molecule has 3 rings (SSSR count). The zero-order chi connectivity index (χ0) is 12.5. The van der Waals surface area contributed by atoms with E-state index in [1.54, 1.807) is 6.07 Å². The molecule has 2 aliphatic rings. The molecule has 18 heavy (non-hydrogen) atoms. The summed E-state index contributed by atoms with van der Waals surface area (Å²) in [4.78, 5) is 25.3. The minimum absolute atomic E-state index is 0.293. The van der Waals surface area contributed by atoms with Crippen LogP contribution in [0.4, 0.5) is 0 Å². The highest BCUT2D eigenvalue weighted by Gasteiger charge is 2.26. The SMILES string of the molecule is O=C1NC(=O)c2cc(CN3CCOCC3)ccc21. The average molecular weight is 246 g/mol. The van der Waals surface area contributed by atoms with Gasteiger partial charge in [-0.05, 0) is 17.7 Å². The molecule has 1 aromatic rings. The van der Waals surface area contributed by atoms with Crippen LogP contribution in [0.3, 0.4) is 0 Å². The van der Waals surface area contributed by atoms with Crippen molar-refractivity contribution in [3.05, 3.63) is 34.9 Å². The monoisotopic (exact) mass is 246 g/mol. The quantitative estimate of drug-likeness (QED) is 0.767. The molecule has 0 bridgehead atoms. The Labute approximate surface area is 105 Å². The molecule has 94 valence electrons. The number of imide groups is 1. The average Bonchev–Trinajstić information content (AvgIpc) is 2.66. The van der Waals surface area contributed by atoms with Crippen LogP contribution in [0.25, 0.3) is 0 Å². The lowest BCUT2D eigenvalue weighted by atomic mass is 10.1. The Balaban J connectivity index is 1.80. The number of benzene rings is 1. The predicted octanol–water partition coefficient (Wildman–Crippen LogP) is 0.402. The molecule has 1 N–H and O–H groups in total. The molecule has 0 radical (unpaired) electrons. The summed E-state index contributed by atoms with van der Waals surface area (Å²) in [5.41, 5.74) is 2.02. The van der Waals surface area contributed by atoms with Crippen molar-refractivity contribution in [2.24, 2.45) is 0 Å². The Morgan fingerprint density at radius 3 is 2.61 bits per heavy atom.